The number of ketones is 1. The molecule has 1 unspecified atom stereocenters. The minimum absolute atomic E-state index is 0.0578. The van der Waals surface area contributed by atoms with E-state index in [9.17, 15) is 9.59 Å². The van der Waals surface area contributed by atoms with Crippen LogP contribution >= 0.6 is 11.8 Å². The molecule has 39 heavy (non-hydrogen) atoms. The van der Waals surface area contributed by atoms with Gasteiger partial charge in [-0.3, -0.25) is 9.59 Å². The van der Waals surface area contributed by atoms with E-state index in [4.69, 9.17) is 4.74 Å². The molecule has 0 radical (unpaired) electrons. The van der Waals surface area contributed by atoms with Crippen molar-refractivity contribution >= 4 is 35.1 Å². The van der Waals surface area contributed by atoms with Gasteiger partial charge in [-0.2, -0.15) is 4.98 Å². The number of nitrogens with one attached hydrogen (secondary N) is 2. The standard InChI is InChI=1S/C29H26FN5O3S/c1-17-12-14-19(15-13-17)23(36)16-39-29-33-28-31-18(2)25(27(37)32-22-10-6-7-11-24(22)38-3)26(35(28)34-29)20-8-4-5-9-21(20)30/h4-15,26H,16H2,1-3H3,(H,32,37)(H,31,33,34). The summed E-state index contributed by atoms with van der Waals surface area (Å²) in [4.78, 5) is 30.9. The Morgan fingerprint density at radius 2 is 1.77 bits per heavy atom. The third-order valence-corrected chi connectivity index (χ3v) is 7.18. The Labute approximate surface area is 229 Å². The second kappa shape index (κ2) is 11.1. The average Bonchev–Trinajstić information content (AvgIpc) is 3.34. The van der Waals surface area contributed by atoms with Gasteiger partial charge in [0.2, 0.25) is 11.1 Å². The Balaban J connectivity index is 1.47. The maximum Gasteiger partial charge on any atom is 0.255 e. The van der Waals surface area contributed by atoms with E-state index >= 15 is 4.39 Å². The maximum absolute atomic E-state index is 15.1. The fourth-order valence-electron chi connectivity index (χ4n) is 4.36. The van der Waals surface area contributed by atoms with E-state index in [1.165, 1.54) is 29.6 Å². The molecule has 5 rings (SSSR count). The highest BCUT2D eigenvalue weighted by Crippen LogP contribution is 2.38. The summed E-state index contributed by atoms with van der Waals surface area (Å²) in [6, 6.07) is 19.8. The molecular weight excluding hydrogens is 517 g/mol. The number of para-hydroxylation sites is 2. The summed E-state index contributed by atoms with van der Waals surface area (Å²) in [6.45, 7) is 3.69. The number of nitrogens with zero attached hydrogens (tertiary/aromatic N) is 3. The number of benzene rings is 3. The van der Waals surface area contributed by atoms with Crippen molar-refractivity contribution in [3.05, 3.63) is 107 Å². The summed E-state index contributed by atoms with van der Waals surface area (Å²) in [5, 5.41) is 10.9. The van der Waals surface area contributed by atoms with Crippen LogP contribution in [0.1, 0.15) is 34.5 Å². The van der Waals surface area contributed by atoms with Gasteiger partial charge in [-0.1, -0.05) is 71.9 Å². The van der Waals surface area contributed by atoms with Crippen molar-refractivity contribution in [2.45, 2.75) is 25.0 Å². The monoisotopic (exact) mass is 543 g/mol. The first-order chi connectivity index (χ1) is 18.9. The number of aryl methyl sites for hydroxylation is 1. The Morgan fingerprint density at radius 1 is 1.05 bits per heavy atom. The first-order valence-corrected chi connectivity index (χ1v) is 13.2. The Hall–Kier alpha value is -4.44. The van der Waals surface area contributed by atoms with Crippen LogP contribution in [0.2, 0.25) is 0 Å². The van der Waals surface area contributed by atoms with E-state index in [1.54, 1.807) is 61.5 Å². The van der Waals surface area contributed by atoms with Crippen LogP contribution in [0, 0.1) is 12.7 Å². The summed E-state index contributed by atoms with van der Waals surface area (Å²) < 4.78 is 22.0. The van der Waals surface area contributed by atoms with Crippen LogP contribution in [0.4, 0.5) is 16.0 Å². The van der Waals surface area contributed by atoms with Gasteiger partial charge < -0.3 is 15.4 Å². The van der Waals surface area contributed by atoms with Crippen LogP contribution in [0.25, 0.3) is 0 Å². The lowest BCUT2D eigenvalue weighted by atomic mass is 9.94. The number of amides is 1. The molecule has 2 heterocycles. The van der Waals surface area contributed by atoms with Gasteiger partial charge in [0.1, 0.15) is 17.6 Å². The van der Waals surface area contributed by atoms with Crippen LogP contribution in [-0.2, 0) is 4.79 Å². The van der Waals surface area contributed by atoms with Crippen molar-refractivity contribution in [1.29, 1.82) is 0 Å². The number of anilines is 2. The Morgan fingerprint density at radius 3 is 2.51 bits per heavy atom. The molecule has 0 saturated carbocycles. The van der Waals surface area contributed by atoms with Gasteiger partial charge in [-0.25, -0.2) is 9.07 Å². The summed E-state index contributed by atoms with van der Waals surface area (Å²) in [5.74, 6) is -0.0106. The second-order valence-corrected chi connectivity index (χ2v) is 9.93. The number of hydrogen-bond acceptors (Lipinski definition) is 7. The molecule has 1 amide bonds. The summed E-state index contributed by atoms with van der Waals surface area (Å²) in [6.07, 6.45) is 0. The average molecular weight is 544 g/mol. The number of rotatable bonds is 8. The van der Waals surface area contributed by atoms with Gasteiger partial charge in [-0.05, 0) is 32.0 Å². The zero-order chi connectivity index (χ0) is 27.5. The summed E-state index contributed by atoms with van der Waals surface area (Å²) in [5.41, 5.74) is 3.20. The highest BCUT2D eigenvalue weighted by atomic mass is 32.2. The number of fused-ring (bicyclic) bond motifs is 1. The third kappa shape index (κ3) is 5.42. The summed E-state index contributed by atoms with van der Waals surface area (Å²) in [7, 11) is 1.52. The number of aromatic nitrogens is 3. The van der Waals surface area contributed by atoms with Crippen LogP contribution < -0.4 is 15.4 Å². The van der Waals surface area contributed by atoms with Crippen molar-refractivity contribution < 1.29 is 18.7 Å². The Bertz CT molecular complexity index is 1580. The first-order valence-electron chi connectivity index (χ1n) is 12.2. The molecule has 1 aromatic heterocycles. The van der Waals surface area contributed by atoms with Crippen LogP contribution in [0.15, 0.2) is 89.2 Å². The number of carbonyl (C=O) groups excluding carboxylic acids is 2. The van der Waals surface area contributed by atoms with Crippen molar-refractivity contribution in [3.8, 4) is 5.75 Å². The van der Waals surface area contributed by atoms with E-state index in [0.29, 0.717) is 33.8 Å². The largest absolute Gasteiger partial charge is 0.495 e. The first kappa shape index (κ1) is 26.2. The van der Waals surface area contributed by atoms with Crippen LogP contribution in [-0.4, -0.2) is 39.3 Å². The van der Waals surface area contributed by atoms with Crippen molar-refractivity contribution in [2.24, 2.45) is 0 Å². The molecule has 0 saturated heterocycles. The van der Waals surface area contributed by atoms with Crippen molar-refractivity contribution in [3.63, 3.8) is 0 Å². The Kier molecular flexibility index (Phi) is 7.47. The van der Waals surface area contributed by atoms with Gasteiger partial charge in [0.25, 0.3) is 5.91 Å². The molecule has 198 valence electrons. The predicted molar refractivity (Wildman–Crippen MR) is 149 cm³/mol. The highest BCUT2D eigenvalue weighted by Gasteiger charge is 2.36. The normalized spacial score (nSPS) is 14.4. The van der Waals surface area contributed by atoms with E-state index in [0.717, 1.165) is 5.56 Å². The molecule has 0 aliphatic carbocycles. The molecule has 8 nitrogen and oxygen atoms in total. The van der Waals surface area contributed by atoms with Crippen molar-refractivity contribution in [1.82, 2.24) is 14.8 Å². The SMILES string of the molecule is COc1ccccc1NC(=O)C1=C(C)Nc2nc(SCC(=O)c3ccc(C)cc3)nn2C1c1ccccc1F. The lowest BCUT2D eigenvalue weighted by Gasteiger charge is -2.29. The molecule has 10 heteroatoms. The van der Waals surface area contributed by atoms with E-state index in [2.05, 4.69) is 20.7 Å². The molecule has 1 aliphatic heterocycles. The molecule has 2 N–H and O–H groups in total. The smallest absolute Gasteiger partial charge is 0.255 e. The number of thioether (sulfide) groups is 1. The fourth-order valence-corrected chi connectivity index (χ4v) is 5.09. The second-order valence-electron chi connectivity index (χ2n) is 8.98. The van der Waals surface area contributed by atoms with Crippen LogP contribution in [0.5, 0.6) is 5.75 Å². The molecule has 0 spiro atoms. The minimum Gasteiger partial charge on any atom is -0.495 e. The van der Waals surface area contributed by atoms with Crippen LogP contribution in [0.3, 0.4) is 0 Å². The molecule has 1 aliphatic rings. The van der Waals surface area contributed by atoms with E-state index < -0.39 is 17.8 Å². The molecule has 0 bridgehead atoms. The number of carbonyl (C=O) groups is 2. The number of hydrogen-bond donors (Lipinski definition) is 2. The lowest BCUT2D eigenvalue weighted by Crippen LogP contribution is -2.32. The lowest BCUT2D eigenvalue weighted by molar-refractivity contribution is -0.113. The quantitative estimate of drug-likeness (QED) is 0.219. The molecule has 4 aromatic rings. The minimum atomic E-state index is -0.896. The summed E-state index contributed by atoms with van der Waals surface area (Å²) >= 11 is 1.18. The fraction of sp³-hybridized carbons (Fsp3) is 0.172. The van der Waals surface area contributed by atoms with Gasteiger partial charge in [0.15, 0.2) is 5.78 Å². The zero-order valence-corrected chi connectivity index (χ0v) is 22.4. The number of halogens is 1. The molecule has 0 fully saturated rings. The van der Waals surface area contributed by atoms with Gasteiger partial charge in [0, 0.05) is 16.8 Å². The zero-order valence-electron chi connectivity index (χ0n) is 21.6. The number of Topliss-reactive ketones (excluding diaryl/α,β-unsaturated/α-hetero) is 1. The highest BCUT2D eigenvalue weighted by molar-refractivity contribution is 7.99. The third-order valence-electron chi connectivity index (χ3n) is 6.34. The maximum atomic E-state index is 15.1. The number of ether oxygens (including phenoxy) is 1. The van der Waals surface area contributed by atoms with Crippen molar-refractivity contribution in [2.75, 3.05) is 23.5 Å². The van der Waals surface area contributed by atoms with Gasteiger partial charge >= 0.3 is 0 Å². The topological polar surface area (TPSA) is 98.1 Å². The predicted octanol–water partition coefficient (Wildman–Crippen LogP) is 5.64. The molecule has 1 atom stereocenters. The molecule has 3 aromatic carbocycles. The van der Waals surface area contributed by atoms with E-state index in [1.807, 2.05) is 19.1 Å². The van der Waals surface area contributed by atoms with E-state index in [-0.39, 0.29) is 22.7 Å². The van der Waals surface area contributed by atoms with Gasteiger partial charge in [-0.15, -0.1) is 5.10 Å². The van der Waals surface area contributed by atoms with Gasteiger partial charge in [0.05, 0.1) is 24.1 Å². The number of methoxy groups -OCH3 is 1. The number of allylic oxidation sites excluding steroid dienone is 1. The molecular formula is C29H26FN5O3S.